The van der Waals surface area contributed by atoms with Crippen LogP contribution in [0, 0.1) is 0 Å². The number of aromatic nitrogens is 4. The van der Waals surface area contributed by atoms with Crippen LogP contribution in [0.15, 0.2) is 116 Å². The van der Waals surface area contributed by atoms with Crippen LogP contribution < -0.4 is 0 Å². The van der Waals surface area contributed by atoms with Crippen molar-refractivity contribution >= 4 is 29.5 Å². The first-order valence-electron chi connectivity index (χ1n) is 18.9. The summed E-state index contributed by atoms with van der Waals surface area (Å²) >= 11 is 6.33. The highest BCUT2D eigenvalue weighted by atomic mass is 35.5. The number of H-pyrrole nitrogens is 2. The van der Waals surface area contributed by atoms with Crippen LogP contribution in [0.3, 0.4) is 0 Å². The summed E-state index contributed by atoms with van der Waals surface area (Å²) in [6.07, 6.45) is 6.04. The van der Waals surface area contributed by atoms with Crippen molar-refractivity contribution in [2.45, 2.75) is 50.2 Å². The summed E-state index contributed by atoms with van der Waals surface area (Å²) in [6, 6.07) is 31.7. The van der Waals surface area contributed by atoms with Crippen LogP contribution in [0.5, 0.6) is 0 Å². The van der Waals surface area contributed by atoms with Crippen molar-refractivity contribution in [1.82, 2.24) is 34.6 Å². The lowest BCUT2D eigenvalue weighted by Crippen LogP contribution is -2.43. The van der Waals surface area contributed by atoms with Gasteiger partial charge in [-0.15, -0.1) is 0 Å². The fourth-order valence-corrected chi connectivity index (χ4v) is 8.20. The Kier molecular flexibility index (Phi) is 10.4. The first kappa shape index (κ1) is 36.8. The van der Waals surface area contributed by atoms with E-state index in [1.165, 1.54) is 7.05 Å². The highest BCUT2D eigenvalue weighted by Crippen LogP contribution is 2.36. The molecule has 0 bridgehead atoms. The van der Waals surface area contributed by atoms with E-state index in [9.17, 15) is 19.5 Å². The molecule has 2 aliphatic rings. The minimum absolute atomic E-state index is 0.0502. The van der Waals surface area contributed by atoms with Crippen molar-refractivity contribution in [3.05, 3.63) is 143 Å². The molecule has 4 aromatic carbocycles. The van der Waals surface area contributed by atoms with Gasteiger partial charge in [0.25, 0.3) is 5.91 Å². The van der Waals surface area contributed by atoms with Gasteiger partial charge in [0, 0.05) is 25.2 Å². The molecule has 0 unspecified atom stereocenters. The van der Waals surface area contributed by atoms with Crippen molar-refractivity contribution < 1.29 is 19.5 Å². The predicted molar refractivity (Wildman–Crippen MR) is 215 cm³/mol. The molecule has 11 nitrogen and oxygen atoms in total. The molecular formula is C44H42ClN7O4. The number of benzene rings is 4. The number of halogens is 1. The van der Waals surface area contributed by atoms with E-state index in [1.807, 2.05) is 65.7 Å². The number of carbonyl (C=O) groups is 3. The minimum atomic E-state index is -1.16. The zero-order chi connectivity index (χ0) is 38.8. The van der Waals surface area contributed by atoms with E-state index in [2.05, 4.69) is 51.4 Å². The second kappa shape index (κ2) is 15.9. The predicted octanol–water partition coefficient (Wildman–Crippen LogP) is 8.71. The third-order valence-corrected chi connectivity index (χ3v) is 11.4. The van der Waals surface area contributed by atoms with Crippen LogP contribution in [0.25, 0.3) is 33.6 Å². The summed E-state index contributed by atoms with van der Waals surface area (Å²) < 4.78 is 0. The largest absolute Gasteiger partial charge is 0.465 e. The van der Waals surface area contributed by atoms with Crippen LogP contribution in [0.4, 0.5) is 4.79 Å². The number of likely N-dealkylation sites (tertiary alicyclic amines) is 2. The fourth-order valence-electron chi connectivity index (χ4n) is 7.99. The molecule has 4 heterocycles. The van der Waals surface area contributed by atoms with E-state index in [0.29, 0.717) is 29.5 Å². The van der Waals surface area contributed by atoms with Crippen LogP contribution in [0.1, 0.15) is 66.6 Å². The highest BCUT2D eigenvalue weighted by molar-refractivity contribution is 6.31. The topological polar surface area (TPSA) is 139 Å². The van der Waals surface area contributed by atoms with Gasteiger partial charge in [0.15, 0.2) is 0 Å². The molecule has 6 aromatic rings. The lowest BCUT2D eigenvalue weighted by atomic mass is 10.0. The van der Waals surface area contributed by atoms with Crippen molar-refractivity contribution in [3.63, 3.8) is 0 Å². The molecule has 3 atom stereocenters. The van der Waals surface area contributed by atoms with E-state index in [0.717, 1.165) is 75.6 Å². The number of imidazole rings is 2. The molecule has 2 aliphatic heterocycles. The number of carbonyl (C=O) groups excluding carboxylic acids is 2. The second-order valence-electron chi connectivity index (χ2n) is 14.4. The molecule has 2 aromatic heterocycles. The third-order valence-electron chi connectivity index (χ3n) is 11.0. The standard InChI is InChI=1S/C44H42ClN7O4/c1-50(44(55)56)40(32-9-3-2-4-10-32)43(54)52-24-8-14-38(52)42-47-27-36(49-42)31-21-17-29(18-22-31)28-15-19-30(20-16-28)35-26-46-41(48-35)37-13-7-23-51(37)39(53)25-33-11-5-6-12-34(33)45/h2-6,9-12,15-22,26-27,37-38,40H,7-8,13-14,23-25H2,1H3,(H,46,48)(H,47,49)(H,55,56)/t37-,38-,40+/m0/s1. The molecule has 12 heteroatoms. The Bertz CT molecular complexity index is 2340. The van der Waals surface area contributed by atoms with Gasteiger partial charge in [-0.25, -0.2) is 14.8 Å². The number of rotatable bonds is 10. The van der Waals surface area contributed by atoms with Gasteiger partial charge in [-0.05, 0) is 65.1 Å². The number of hydrogen-bond acceptors (Lipinski definition) is 5. The summed E-state index contributed by atoms with van der Waals surface area (Å²) in [6.45, 7) is 1.22. The van der Waals surface area contributed by atoms with Gasteiger partial charge in [0.1, 0.15) is 17.7 Å². The summed E-state index contributed by atoms with van der Waals surface area (Å²) in [5.74, 6) is 1.26. The molecule has 0 radical (unpaired) electrons. The molecule has 3 amide bonds. The van der Waals surface area contributed by atoms with Gasteiger partial charge in [-0.1, -0.05) is 109 Å². The number of aromatic amines is 2. The monoisotopic (exact) mass is 767 g/mol. The summed E-state index contributed by atoms with van der Waals surface area (Å²) in [7, 11) is 1.43. The van der Waals surface area contributed by atoms with Crippen LogP contribution in [0.2, 0.25) is 5.02 Å². The first-order chi connectivity index (χ1) is 27.2. The second-order valence-corrected chi connectivity index (χ2v) is 14.8. The van der Waals surface area contributed by atoms with Crippen molar-refractivity contribution in [2.75, 3.05) is 20.1 Å². The lowest BCUT2D eigenvalue weighted by molar-refractivity contribution is -0.137. The Labute approximate surface area is 330 Å². The molecule has 0 saturated carbocycles. The SMILES string of the molecule is CN(C(=O)O)[C@@H](C(=O)N1CCC[C@H]1c1ncc(-c2ccc(-c3ccc(-c4cnc([C@@H]5CCCN5C(=O)Cc5ccccc5Cl)[nH]4)cc3)cc2)[nH]1)c1ccccc1. The summed E-state index contributed by atoms with van der Waals surface area (Å²) in [4.78, 5) is 60.2. The van der Waals surface area contributed by atoms with E-state index in [4.69, 9.17) is 16.6 Å². The van der Waals surface area contributed by atoms with Crippen molar-refractivity contribution in [1.29, 1.82) is 0 Å². The Hall–Kier alpha value is -6.20. The van der Waals surface area contributed by atoms with Gasteiger partial charge >= 0.3 is 6.09 Å². The molecule has 2 fully saturated rings. The van der Waals surface area contributed by atoms with Gasteiger partial charge in [-0.3, -0.25) is 14.5 Å². The van der Waals surface area contributed by atoms with Gasteiger partial charge in [0.2, 0.25) is 5.91 Å². The highest BCUT2D eigenvalue weighted by Gasteiger charge is 2.39. The summed E-state index contributed by atoms with van der Waals surface area (Å²) in [5, 5.41) is 10.4. The quantitative estimate of drug-likeness (QED) is 0.128. The molecule has 0 aliphatic carbocycles. The number of likely N-dealkylation sites (N-methyl/N-ethyl adjacent to an activating group) is 1. The molecule has 2 saturated heterocycles. The van der Waals surface area contributed by atoms with Gasteiger partial charge in [0.05, 0.1) is 42.3 Å². The maximum Gasteiger partial charge on any atom is 0.407 e. The summed E-state index contributed by atoms with van der Waals surface area (Å²) in [5.41, 5.74) is 7.29. The van der Waals surface area contributed by atoms with E-state index in [1.54, 1.807) is 23.2 Å². The first-order valence-corrected chi connectivity index (χ1v) is 19.3. The van der Waals surface area contributed by atoms with Gasteiger partial charge < -0.3 is 24.9 Å². The maximum absolute atomic E-state index is 13.9. The van der Waals surface area contributed by atoms with Crippen LogP contribution in [-0.4, -0.2) is 77.8 Å². The normalized spacial score (nSPS) is 17.2. The minimum Gasteiger partial charge on any atom is -0.465 e. The van der Waals surface area contributed by atoms with E-state index < -0.39 is 12.1 Å². The molecule has 3 N–H and O–H groups in total. The lowest BCUT2D eigenvalue weighted by Gasteiger charge is -2.32. The maximum atomic E-state index is 13.9. The number of nitrogens with zero attached hydrogens (tertiary/aromatic N) is 5. The number of nitrogens with one attached hydrogen (secondary N) is 2. The fraction of sp³-hybridized carbons (Fsp3) is 0.250. The zero-order valence-corrected chi connectivity index (χ0v) is 31.7. The van der Waals surface area contributed by atoms with Crippen LogP contribution >= 0.6 is 11.6 Å². The van der Waals surface area contributed by atoms with E-state index >= 15 is 0 Å². The molecule has 56 heavy (non-hydrogen) atoms. The Morgan fingerprint density at radius 3 is 1.79 bits per heavy atom. The average molecular weight is 768 g/mol. The van der Waals surface area contributed by atoms with Crippen molar-refractivity contribution in [2.24, 2.45) is 0 Å². The number of hydrogen-bond donors (Lipinski definition) is 3. The molecule has 0 spiro atoms. The Balaban J connectivity index is 0.926. The number of carboxylic acid groups (broad SMARTS) is 1. The van der Waals surface area contributed by atoms with Gasteiger partial charge in [-0.2, -0.15) is 0 Å². The van der Waals surface area contributed by atoms with Crippen molar-refractivity contribution in [3.8, 4) is 33.6 Å². The van der Waals surface area contributed by atoms with E-state index in [-0.39, 0.29) is 30.3 Å². The smallest absolute Gasteiger partial charge is 0.407 e. The molecular weight excluding hydrogens is 726 g/mol. The molecule has 8 rings (SSSR count). The molecule has 284 valence electrons. The number of amides is 3. The Morgan fingerprint density at radius 2 is 1.23 bits per heavy atom. The average Bonchev–Trinajstić information content (AvgIpc) is 4.06. The zero-order valence-electron chi connectivity index (χ0n) is 30.9. The third kappa shape index (κ3) is 7.42. The van der Waals surface area contributed by atoms with Crippen LogP contribution in [-0.2, 0) is 16.0 Å². The Morgan fingerprint density at radius 1 is 0.732 bits per heavy atom.